The van der Waals surface area contributed by atoms with Crippen molar-refractivity contribution in [1.29, 1.82) is 0 Å². The van der Waals surface area contributed by atoms with Gasteiger partial charge in [-0.05, 0) is 28.0 Å². The highest BCUT2D eigenvalue weighted by Gasteiger charge is 2.29. The van der Waals surface area contributed by atoms with Gasteiger partial charge in [0.05, 0.1) is 20.8 Å². The minimum atomic E-state index is -1.53. The van der Waals surface area contributed by atoms with Crippen LogP contribution in [0.1, 0.15) is 5.56 Å². The van der Waals surface area contributed by atoms with Gasteiger partial charge in [-0.25, -0.2) is 0 Å². The van der Waals surface area contributed by atoms with E-state index in [1.54, 1.807) is 0 Å². The van der Waals surface area contributed by atoms with Crippen LogP contribution in [-0.4, -0.2) is 25.7 Å². The summed E-state index contributed by atoms with van der Waals surface area (Å²) in [6, 6.07) is 2.24. The standard InChI is InChI=1S/C14H20N2SSi2/c1-8-10-9-11(18(2,3)4)13-12(15-16-17-13)14(10)19(5,6)7/h1,9H,2-7H3. The molecule has 0 aliphatic heterocycles. The summed E-state index contributed by atoms with van der Waals surface area (Å²) in [5, 5.41) is 7.09. The first-order chi connectivity index (χ1) is 8.66. The smallest absolute Gasteiger partial charge is 0.106 e. The summed E-state index contributed by atoms with van der Waals surface area (Å²) in [4.78, 5) is 0. The van der Waals surface area contributed by atoms with Crippen molar-refractivity contribution >= 4 is 48.3 Å². The molecule has 2 nitrogen and oxygen atoms in total. The number of fused-ring (bicyclic) bond motifs is 1. The summed E-state index contributed by atoms with van der Waals surface area (Å²) in [6.07, 6.45) is 5.76. The minimum Gasteiger partial charge on any atom is -0.138 e. The topological polar surface area (TPSA) is 25.8 Å². The summed E-state index contributed by atoms with van der Waals surface area (Å²) in [6.45, 7) is 14.0. The van der Waals surface area contributed by atoms with Gasteiger partial charge in [0.15, 0.2) is 0 Å². The Bertz CT molecular complexity index is 670. The van der Waals surface area contributed by atoms with Crippen molar-refractivity contribution in [2.24, 2.45) is 0 Å². The Kier molecular flexibility index (Phi) is 3.46. The van der Waals surface area contributed by atoms with Gasteiger partial charge in [0.25, 0.3) is 0 Å². The molecule has 0 aliphatic rings. The van der Waals surface area contributed by atoms with Gasteiger partial charge in [0.1, 0.15) is 5.52 Å². The number of terminal acetylenes is 1. The third-order valence-corrected chi connectivity index (χ3v) is 8.20. The van der Waals surface area contributed by atoms with Crippen LogP contribution in [-0.2, 0) is 0 Å². The third-order valence-electron chi connectivity index (χ3n) is 3.24. The van der Waals surface area contributed by atoms with E-state index in [1.165, 1.54) is 26.6 Å². The molecule has 0 spiro atoms. The van der Waals surface area contributed by atoms with E-state index in [1.807, 2.05) is 0 Å². The van der Waals surface area contributed by atoms with Gasteiger partial charge in [-0.3, -0.25) is 0 Å². The molecule has 1 aromatic heterocycles. The molecule has 0 saturated heterocycles. The molecule has 0 fully saturated rings. The van der Waals surface area contributed by atoms with Crippen molar-refractivity contribution in [3.8, 4) is 12.3 Å². The highest BCUT2D eigenvalue weighted by Crippen LogP contribution is 2.21. The van der Waals surface area contributed by atoms with Crippen LogP contribution in [0.2, 0.25) is 39.3 Å². The lowest BCUT2D eigenvalue weighted by molar-refractivity contribution is 1.20. The lowest BCUT2D eigenvalue weighted by Gasteiger charge is -2.23. The van der Waals surface area contributed by atoms with E-state index in [4.69, 9.17) is 6.42 Å². The highest BCUT2D eigenvalue weighted by atomic mass is 32.1. The van der Waals surface area contributed by atoms with Crippen molar-refractivity contribution in [3.05, 3.63) is 11.6 Å². The summed E-state index contributed by atoms with van der Waals surface area (Å²) >= 11 is 1.52. The minimum absolute atomic E-state index is 1.04. The lowest BCUT2D eigenvalue weighted by Crippen LogP contribution is -2.45. The summed E-state index contributed by atoms with van der Waals surface area (Å²) in [5.41, 5.74) is 2.11. The number of rotatable bonds is 2. The largest absolute Gasteiger partial charge is 0.138 e. The van der Waals surface area contributed by atoms with E-state index in [0.717, 1.165) is 11.1 Å². The molecular weight excluding hydrogens is 284 g/mol. The molecule has 0 N–H and O–H groups in total. The van der Waals surface area contributed by atoms with Gasteiger partial charge in [-0.15, -0.1) is 11.5 Å². The van der Waals surface area contributed by atoms with E-state index in [2.05, 4.69) is 60.9 Å². The van der Waals surface area contributed by atoms with E-state index in [9.17, 15) is 0 Å². The number of aromatic nitrogens is 2. The Balaban J connectivity index is 2.95. The van der Waals surface area contributed by atoms with E-state index in [-0.39, 0.29) is 0 Å². The van der Waals surface area contributed by atoms with Crippen molar-refractivity contribution in [1.82, 2.24) is 9.59 Å². The van der Waals surface area contributed by atoms with Crippen molar-refractivity contribution in [2.75, 3.05) is 0 Å². The van der Waals surface area contributed by atoms with Crippen molar-refractivity contribution < 1.29 is 0 Å². The highest BCUT2D eigenvalue weighted by molar-refractivity contribution is 7.16. The Labute approximate surface area is 121 Å². The molecule has 0 bridgehead atoms. The molecule has 5 heteroatoms. The number of hydrogen-bond donors (Lipinski definition) is 0. The fourth-order valence-electron chi connectivity index (χ4n) is 2.37. The molecule has 0 amide bonds. The number of nitrogens with zero attached hydrogens (tertiary/aromatic N) is 2. The van der Waals surface area contributed by atoms with Crippen LogP contribution in [0.15, 0.2) is 6.07 Å². The van der Waals surface area contributed by atoms with Crippen LogP contribution >= 0.6 is 11.5 Å². The first-order valence-electron chi connectivity index (χ1n) is 6.43. The van der Waals surface area contributed by atoms with Crippen molar-refractivity contribution in [3.63, 3.8) is 0 Å². The van der Waals surface area contributed by atoms with Crippen LogP contribution in [0, 0.1) is 12.3 Å². The summed E-state index contributed by atoms with van der Waals surface area (Å²) in [5.74, 6) is 2.89. The van der Waals surface area contributed by atoms with E-state index < -0.39 is 16.1 Å². The second-order valence-electron chi connectivity index (χ2n) is 6.94. The molecule has 0 unspecified atom stereocenters. The van der Waals surface area contributed by atoms with Gasteiger partial charge >= 0.3 is 0 Å². The fraction of sp³-hybridized carbons (Fsp3) is 0.429. The SMILES string of the molecule is C#Cc1cc([Si](C)(C)C)c2snnc2c1[Si](C)(C)C. The second kappa shape index (κ2) is 4.55. The Hall–Kier alpha value is -0.966. The number of hydrogen-bond acceptors (Lipinski definition) is 3. The monoisotopic (exact) mass is 304 g/mol. The van der Waals surface area contributed by atoms with Gasteiger partial charge in [-0.1, -0.05) is 49.7 Å². The van der Waals surface area contributed by atoms with Gasteiger partial charge in [0, 0.05) is 5.56 Å². The Morgan fingerprint density at radius 3 is 2.21 bits per heavy atom. The van der Waals surface area contributed by atoms with Crippen LogP contribution in [0.25, 0.3) is 10.2 Å². The predicted octanol–water partition coefficient (Wildman–Crippen LogP) is 2.76. The molecule has 1 heterocycles. The van der Waals surface area contributed by atoms with Crippen LogP contribution < -0.4 is 10.4 Å². The normalized spacial score (nSPS) is 12.7. The van der Waals surface area contributed by atoms with E-state index >= 15 is 0 Å². The average Bonchev–Trinajstić information content (AvgIpc) is 2.71. The van der Waals surface area contributed by atoms with Crippen LogP contribution in [0.3, 0.4) is 0 Å². The molecule has 2 rings (SSSR count). The van der Waals surface area contributed by atoms with Gasteiger partial charge in [0.2, 0.25) is 0 Å². The molecular formula is C14H20N2SSi2. The zero-order valence-electron chi connectivity index (χ0n) is 12.5. The molecule has 2 aromatic rings. The molecule has 1 aromatic carbocycles. The zero-order chi connectivity index (χ0) is 14.4. The average molecular weight is 305 g/mol. The summed E-state index contributed by atoms with van der Waals surface area (Å²) in [7, 11) is -2.97. The maximum atomic E-state index is 5.76. The summed E-state index contributed by atoms with van der Waals surface area (Å²) < 4.78 is 5.45. The van der Waals surface area contributed by atoms with Crippen LogP contribution in [0.4, 0.5) is 0 Å². The first-order valence-corrected chi connectivity index (χ1v) is 14.2. The maximum absolute atomic E-state index is 5.76. The Morgan fingerprint density at radius 1 is 1.11 bits per heavy atom. The van der Waals surface area contributed by atoms with Crippen LogP contribution in [0.5, 0.6) is 0 Å². The fourth-order valence-corrected chi connectivity index (χ4v) is 7.32. The maximum Gasteiger partial charge on any atom is 0.106 e. The first kappa shape index (κ1) is 14.4. The van der Waals surface area contributed by atoms with Gasteiger partial charge in [-0.2, -0.15) is 0 Å². The second-order valence-corrected chi connectivity index (χ2v) is 17.7. The Morgan fingerprint density at radius 2 is 1.74 bits per heavy atom. The predicted molar refractivity (Wildman–Crippen MR) is 91.3 cm³/mol. The number of benzene rings is 1. The van der Waals surface area contributed by atoms with E-state index in [0.29, 0.717) is 0 Å². The van der Waals surface area contributed by atoms with Gasteiger partial charge < -0.3 is 0 Å². The molecule has 0 aliphatic carbocycles. The third kappa shape index (κ3) is 2.53. The molecule has 100 valence electrons. The quantitative estimate of drug-likeness (QED) is 0.630. The zero-order valence-corrected chi connectivity index (χ0v) is 15.3. The molecule has 19 heavy (non-hydrogen) atoms. The lowest BCUT2D eigenvalue weighted by atomic mass is 10.2. The molecule has 0 radical (unpaired) electrons. The molecule has 0 saturated carbocycles. The van der Waals surface area contributed by atoms with Crippen molar-refractivity contribution in [2.45, 2.75) is 39.3 Å². The molecule has 0 atom stereocenters.